The molecule has 1 aromatic carbocycles. The minimum atomic E-state index is -0.125. The first-order valence-corrected chi connectivity index (χ1v) is 17.0. The zero-order chi connectivity index (χ0) is 28.7. The van der Waals surface area contributed by atoms with Gasteiger partial charge in [0.15, 0.2) is 0 Å². The maximum atomic E-state index is 13.2. The third kappa shape index (κ3) is 5.64. The average molecular weight is 542 g/mol. The molecule has 10 atom stereocenters. The largest absolute Gasteiger partial charge is 0.462 e. The van der Waals surface area contributed by atoms with Crippen molar-refractivity contribution >= 4 is 21.7 Å². The molecule has 40 heavy (non-hydrogen) atoms. The first-order valence-electron chi connectivity index (χ1n) is 17.0. The predicted octanol–water partition coefficient (Wildman–Crippen LogP) is 7.74. The van der Waals surface area contributed by atoms with E-state index in [4.69, 9.17) is 4.74 Å². The topological polar surface area (TPSA) is 26.3 Å². The number of esters is 1. The second-order valence-electron chi connectivity index (χ2n) is 15.6. The molecule has 3 fully saturated rings. The molecule has 0 aromatic heterocycles. The monoisotopic (exact) mass is 542 g/mol. The number of ether oxygens (including phenoxy) is 1. The molecule has 0 spiro atoms. The summed E-state index contributed by atoms with van der Waals surface area (Å²) in [7, 11) is 4.19. The summed E-state index contributed by atoms with van der Waals surface area (Å²) in [5.41, 5.74) is 3.67. The SMILES string of the molecule is BC(C(=O)O[C@H]1CC[C@@]2(C)C(=CC[C@@H]3C2CC[C@@]2(C)C3CC[C@@H]2[C@H](C)CCCC(C)C)C1)C(B)c1ccccc1. The molecule has 2 nitrogen and oxygen atoms in total. The second-order valence-corrected chi connectivity index (χ2v) is 15.6. The summed E-state index contributed by atoms with van der Waals surface area (Å²) >= 11 is 0. The Morgan fingerprint density at radius 3 is 2.45 bits per heavy atom. The predicted molar refractivity (Wildman–Crippen MR) is 173 cm³/mol. The normalized spacial score (nSPS) is 37.5. The molecule has 4 unspecified atom stereocenters. The number of carbonyl (C=O) groups excluding carboxylic acids is 1. The summed E-state index contributed by atoms with van der Waals surface area (Å²) in [5.74, 6) is 5.20. The molecule has 0 bridgehead atoms. The molecule has 0 radical (unpaired) electrons. The van der Waals surface area contributed by atoms with Crippen LogP contribution in [0, 0.1) is 46.3 Å². The highest BCUT2D eigenvalue weighted by Gasteiger charge is 2.59. The molecule has 218 valence electrons. The van der Waals surface area contributed by atoms with Gasteiger partial charge in [-0.25, -0.2) is 0 Å². The lowest BCUT2D eigenvalue weighted by molar-refractivity contribution is -0.151. The highest BCUT2D eigenvalue weighted by molar-refractivity contribution is 6.29. The van der Waals surface area contributed by atoms with Gasteiger partial charge in [-0.15, -0.1) is 0 Å². The highest BCUT2D eigenvalue weighted by Crippen LogP contribution is 2.67. The number of benzene rings is 1. The quantitative estimate of drug-likeness (QED) is 0.181. The van der Waals surface area contributed by atoms with Crippen LogP contribution in [-0.4, -0.2) is 27.8 Å². The number of hydrogen-bond acceptors (Lipinski definition) is 2. The first-order chi connectivity index (χ1) is 19.0. The van der Waals surface area contributed by atoms with Crippen molar-refractivity contribution in [2.75, 3.05) is 0 Å². The zero-order valence-electron chi connectivity index (χ0n) is 26.8. The summed E-state index contributed by atoms with van der Waals surface area (Å²) < 4.78 is 6.22. The van der Waals surface area contributed by atoms with Crippen LogP contribution in [0.25, 0.3) is 0 Å². The Balaban J connectivity index is 1.22. The van der Waals surface area contributed by atoms with Crippen LogP contribution in [0.2, 0.25) is 5.82 Å². The molecule has 5 rings (SSSR count). The van der Waals surface area contributed by atoms with Gasteiger partial charge in [0.1, 0.15) is 21.8 Å². The van der Waals surface area contributed by atoms with Gasteiger partial charge in [0.05, 0.1) is 0 Å². The standard InChI is InChI=1S/C36H56B2O2/c1-23(2)10-9-11-24(3)29-16-17-30-28-15-14-26-22-27(18-20-35(26,4)31(28)19-21-36(29,30)5)40-34(39)33(38)32(37)25-12-7-6-8-13-25/h6-8,12-14,23-24,27-33H,9-11,15-22,37-38H2,1-5H3/t24-,27+,28+,29-,30?,31?,32?,33?,35+,36-/m1/s1. The van der Waals surface area contributed by atoms with Crippen molar-refractivity contribution in [3.8, 4) is 0 Å². The summed E-state index contributed by atoms with van der Waals surface area (Å²) in [4.78, 5) is 13.2. The molecule has 0 N–H and O–H groups in total. The van der Waals surface area contributed by atoms with Crippen LogP contribution in [0.15, 0.2) is 42.0 Å². The van der Waals surface area contributed by atoms with Crippen LogP contribution in [0.4, 0.5) is 0 Å². The van der Waals surface area contributed by atoms with Crippen molar-refractivity contribution in [2.45, 2.75) is 123 Å². The summed E-state index contributed by atoms with van der Waals surface area (Å²) in [6, 6.07) is 10.4. The third-order valence-electron chi connectivity index (χ3n) is 13.0. The smallest absolute Gasteiger partial charge is 0.300 e. The number of allylic oxidation sites excluding steroid dienone is 1. The fourth-order valence-corrected chi connectivity index (χ4v) is 10.3. The summed E-state index contributed by atoms with van der Waals surface area (Å²) in [6.07, 6.45) is 17.0. The van der Waals surface area contributed by atoms with E-state index < -0.39 is 0 Å². The van der Waals surface area contributed by atoms with Crippen molar-refractivity contribution in [3.05, 3.63) is 47.5 Å². The Kier molecular flexibility index (Phi) is 9.04. The Labute approximate surface area is 247 Å². The van der Waals surface area contributed by atoms with Crippen LogP contribution >= 0.6 is 0 Å². The van der Waals surface area contributed by atoms with Crippen molar-refractivity contribution < 1.29 is 9.53 Å². The van der Waals surface area contributed by atoms with E-state index in [2.05, 4.69) is 72.8 Å². The van der Waals surface area contributed by atoms with E-state index in [1.165, 1.54) is 63.4 Å². The minimum absolute atomic E-state index is 0.0211. The van der Waals surface area contributed by atoms with Gasteiger partial charge in [-0.05, 0) is 97.1 Å². The van der Waals surface area contributed by atoms with Gasteiger partial charge in [0.2, 0.25) is 0 Å². The van der Waals surface area contributed by atoms with Gasteiger partial charge in [0.25, 0.3) is 0 Å². The fraction of sp³-hybridized carbons (Fsp3) is 0.750. The van der Waals surface area contributed by atoms with Crippen LogP contribution in [-0.2, 0) is 9.53 Å². The van der Waals surface area contributed by atoms with E-state index in [-0.39, 0.29) is 23.7 Å². The number of carbonyl (C=O) groups is 1. The Hall–Kier alpha value is -1.44. The molecule has 0 saturated heterocycles. The molecule has 0 aliphatic heterocycles. The lowest BCUT2D eigenvalue weighted by atomic mass is 9.47. The first kappa shape index (κ1) is 30.0. The van der Waals surface area contributed by atoms with E-state index in [9.17, 15) is 4.79 Å². The molecular weight excluding hydrogens is 486 g/mol. The molecular formula is C36H56B2O2. The van der Waals surface area contributed by atoms with E-state index in [0.29, 0.717) is 10.8 Å². The maximum Gasteiger partial charge on any atom is 0.300 e. The van der Waals surface area contributed by atoms with Crippen LogP contribution in [0.1, 0.15) is 117 Å². The van der Waals surface area contributed by atoms with Gasteiger partial charge in [-0.1, -0.05) is 101 Å². The van der Waals surface area contributed by atoms with Gasteiger partial charge in [-0.2, -0.15) is 0 Å². The Bertz CT molecular complexity index is 1050. The van der Waals surface area contributed by atoms with Gasteiger partial charge < -0.3 is 4.74 Å². The maximum absolute atomic E-state index is 13.2. The van der Waals surface area contributed by atoms with E-state index in [1.54, 1.807) is 5.57 Å². The van der Waals surface area contributed by atoms with Crippen molar-refractivity contribution in [1.82, 2.24) is 0 Å². The van der Waals surface area contributed by atoms with E-state index in [1.807, 2.05) is 13.9 Å². The van der Waals surface area contributed by atoms with Crippen LogP contribution < -0.4 is 0 Å². The van der Waals surface area contributed by atoms with E-state index in [0.717, 1.165) is 48.3 Å². The summed E-state index contributed by atoms with van der Waals surface area (Å²) in [6.45, 7) is 12.6. The van der Waals surface area contributed by atoms with Crippen molar-refractivity contribution in [3.63, 3.8) is 0 Å². The molecule has 1 aromatic rings. The Morgan fingerprint density at radius 2 is 1.73 bits per heavy atom. The van der Waals surface area contributed by atoms with Crippen molar-refractivity contribution in [1.29, 1.82) is 0 Å². The lowest BCUT2D eigenvalue weighted by Gasteiger charge is -2.58. The molecule has 4 aliphatic rings. The van der Waals surface area contributed by atoms with E-state index >= 15 is 0 Å². The molecule has 0 amide bonds. The second kappa shape index (κ2) is 12.0. The fourth-order valence-electron chi connectivity index (χ4n) is 10.3. The average Bonchev–Trinajstić information content (AvgIpc) is 3.30. The van der Waals surface area contributed by atoms with Gasteiger partial charge in [0, 0.05) is 12.2 Å². The number of fused-ring (bicyclic) bond motifs is 5. The van der Waals surface area contributed by atoms with Gasteiger partial charge >= 0.3 is 5.97 Å². The number of rotatable bonds is 9. The lowest BCUT2D eigenvalue weighted by Crippen LogP contribution is -2.51. The van der Waals surface area contributed by atoms with Crippen molar-refractivity contribution in [2.24, 2.45) is 46.3 Å². The molecule has 0 heterocycles. The highest BCUT2D eigenvalue weighted by atomic mass is 16.5. The van der Waals surface area contributed by atoms with Crippen LogP contribution in [0.5, 0.6) is 0 Å². The zero-order valence-corrected chi connectivity index (χ0v) is 26.8. The summed E-state index contributed by atoms with van der Waals surface area (Å²) in [5, 5.41) is 0. The Morgan fingerprint density at radius 1 is 0.975 bits per heavy atom. The molecule has 4 heteroatoms. The molecule has 4 aliphatic carbocycles. The minimum Gasteiger partial charge on any atom is -0.462 e. The third-order valence-corrected chi connectivity index (χ3v) is 13.0. The van der Waals surface area contributed by atoms with Gasteiger partial charge in [-0.3, -0.25) is 4.79 Å². The molecule has 3 saturated carbocycles. The number of hydrogen-bond donors (Lipinski definition) is 0. The van der Waals surface area contributed by atoms with Crippen LogP contribution in [0.3, 0.4) is 0 Å².